The average molecular weight is 473 g/mol. The normalized spacial score (nSPS) is 10.7. The lowest BCUT2D eigenvalue weighted by Gasteiger charge is -2.11. The number of halogens is 1. The lowest BCUT2D eigenvalue weighted by molar-refractivity contribution is 0.0728. The largest absolute Gasteiger partial charge is 0.490 e. The van der Waals surface area contributed by atoms with Crippen LogP contribution in [0.1, 0.15) is 32.5 Å². The number of amides is 1. The number of carbonyl (C=O) groups is 2. The maximum Gasteiger partial charge on any atom is 0.343 e. The topological polar surface area (TPSA) is 77.0 Å². The zero-order valence-corrected chi connectivity index (χ0v) is 17.8. The van der Waals surface area contributed by atoms with Crippen molar-refractivity contribution in [3.63, 3.8) is 0 Å². The Morgan fingerprint density at radius 2 is 1.93 bits per heavy atom. The molecule has 0 unspecified atom stereocenters. The predicted molar refractivity (Wildman–Crippen MR) is 116 cm³/mol. The molecule has 0 aliphatic heterocycles. The smallest absolute Gasteiger partial charge is 0.343 e. The van der Waals surface area contributed by atoms with E-state index < -0.39 is 5.97 Å². The summed E-state index contributed by atoms with van der Waals surface area (Å²) in [6, 6.07) is 15.4. The van der Waals surface area contributed by atoms with Gasteiger partial charge in [-0.3, -0.25) is 4.79 Å². The van der Waals surface area contributed by atoms with Crippen molar-refractivity contribution in [3.05, 3.63) is 80.5 Å². The molecule has 1 amide bonds. The van der Waals surface area contributed by atoms with Crippen LogP contribution in [0.2, 0.25) is 0 Å². The molecule has 1 aromatic heterocycles. The molecule has 2 aromatic carbocycles. The molecule has 3 rings (SSSR count). The van der Waals surface area contributed by atoms with E-state index in [-0.39, 0.29) is 5.91 Å². The minimum atomic E-state index is -0.483. The summed E-state index contributed by atoms with van der Waals surface area (Å²) in [5, 5.41) is 5.78. The summed E-state index contributed by atoms with van der Waals surface area (Å²) in [6.07, 6.45) is 1.49. The molecule has 0 saturated carbocycles. The van der Waals surface area contributed by atoms with E-state index in [0.717, 1.165) is 4.47 Å². The van der Waals surface area contributed by atoms with Crippen LogP contribution >= 0.6 is 27.3 Å². The average Bonchev–Trinajstić information content (AvgIpc) is 3.25. The Morgan fingerprint density at radius 1 is 1.14 bits per heavy atom. The highest BCUT2D eigenvalue weighted by Gasteiger charge is 2.13. The Balaban J connectivity index is 1.70. The van der Waals surface area contributed by atoms with Crippen LogP contribution in [0, 0.1) is 0 Å². The first-order valence-corrected chi connectivity index (χ1v) is 10.4. The second-order valence-corrected chi connectivity index (χ2v) is 7.58. The number of benzene rings is 2. The van der Waals surface area contributed by atoms with Gasteiger partial charge in [-0.1, -0.05) is 22.0 Å². The number of carbonyl (C=O) groups excluding carboxylic acids is 2. The van der Waals surface area contributed by atoms with Gasteiger partial charge < -0.3 is 9.47 Å². The van der Waals surface area contributed by atoms with Gasteiger partial charge in [0.05, 0.1) is 23.3 Å². The van der Waals surface area contributed by atoms with Crippen LogP contribution in [-0.4, -0.2) is 24.7 Å². The van der Waals surface area contributed by atoms with E-state index in [0.29, 0.717) is 34.1 Å². The summed E-state index contributed by atoms with van der Waals surface area (Å²) in [4.78, 5) is 24.8. The molecular formula is C21H17BrN2O4S. The minimum Gasteiger partial charge on any atom is -0.490 e. The predicted octanol–water partition coefficient (Wildman–Crippen LogP) is 4.89. The second kappa shape index (κ2) is 9.99. The lowest BCUT2D eigenvalue weighted by atomic mass is 10.2. The monoisotopic (exact) mass is 472 g/mol. The van der Waals surface area contributed by atoms with Crippen molar-refractivity contribution in [2.75, 3.05) is 6.61 Å². The highest BCUT2D eigenvalue weighted by atomic mass is 79.9. The second-order valence-electron chi connectivity index (χ2n) is 5.71. The lowest BCUT2D eigenvalue weighted by Crippen LogP contribution is -2.16. The maximum atomic E-state index is 12.4. The zero-order chi connectivity index (χ0) is 20.6. The number of ether oxygens (including phenoxy) is 2. The summed E-state index contributed by atoms with van der Waals surface area (Å²) in [7, 11) is 0. The third kappa shape index (κ3) is 5.75. The molecule has 0 saturated heterocycles. The fourth-order valence-corrected chi connectivity index (χ4v) is 3.21. The van der Waals surface area contributed by atoms with Crippen molar-refractivity contribution in [1.29, 1.82) is 0 Å². The van der Waals surface area contributed by atoms with E-state index in [1.54, 1.807) is 54.6 Å². The van der Waals surface area contributed by atoms with Crippen molar-refractivity contribution in [2.45, 2.75) is 6.92 Å². The van der Waals surface area contributed by atoms with E-state index in [4.69, 9.17) is 9.47 Å². The van der Waals surface area contributed by atoms with E-state index in [1.165, 1.54) is 17.6 Å². The minimum absolute atomic E-state index is 0.277. The van der Waals surface area contributed by atoms with Crippen molar-refractivity contribution >= 4 is 45.4 Å². The van der Waals surface area contributed by atoms with Gasteiger partial charge in [0.2, 0.25) is 0 Å². The molecule has 0 bridgehead atoms. The van der Waals surface area contributed by atoms with Gasteiger partial charge in [-0.25, -0.2) is 10.2 Å². The van der Waals surface area contributed by atoms with Gasteiger partial charge in [0.1, 0.15) is 0 Å². The number of hydrogen-bond acceptors (Lipinski definition) is 6. The number of esters is 1. The van der Waals surface area contributed by atoms with Crippen LogP contribution in [0.15, 0.2) is 69.6 Å². The van der Waals surface area contributed by atoms with Crippen LogP contribution in [0.3, 0.4) is 0 Å². The molecule has 0 atom stereocenters. The molecule has 1 N–H and O–H groups in total. The number of nitrogens with one attached hydrogen (secondary N) is 1. The van der Waals surface area contributed by atoms with E-state index in [1.807, 2.05) is 12.3 Å². The summed E-state index contributed by atoms with van der Waals surface area (Å²) < 4.78 is 11.9. The Labute approximate surface area is 180 Å². The van der Waals surface area contributed by atoms with Gasteiger partial charge in [-0.2, -0.15) is 5.10 Å². The molecule has 0 aliphatic rings. The van der Waals surface area contributed by atoms with Crippen LogP contribution < -0.4 is 14.9 Å². The van der Waals surface area contributed by atoms with E-state index in [9.17, 15) is 9.59 Å². The fraction of sp³-hybridized carbons (Fsp3) is 0.0952. The number of thiophene rings is 1. The molecule has 1 heterocycles. The first kappa shape index (κ1) is 20.8. The fourth-order valence-electron chi connectivity index (χ4n) is 2.33. The van der Waals surface area contributed by atoms with Gasteiger partial charge in [0.15, 0.2) is 11.5 Å². The number of rotatable bonds is 7. The third-order valence-electron chi connectivity index (χ3n) is 3.67. The standard InChI is InChI=1S/C21H17BrN2O4S/c1-2-27-18-12-14(13-23-24-20(25)19-4-3-11-29-19)5-10-17(18)28-21(26)15-6-8-16(22)9-7-15/h3-13H,2H2,1H3,(H,24,25)/b23-13+. The molecule has 0 fully saturated rings. The molecule has 0 radical (unpaired) electrons. The van der Waals surface area contributed by atoms with Crippen molar-refractivity contribution in [3.8, 4) is 11.5 Å². The van der Waals surface area contributed by atoms with Gasteiger partial charge in [-0.05, 0) is 66.4 Å². The SMILES string of the molecule is CCOc1cc(/C=N/NC(=O)c2cccs2)ccc1OC(=O)c1ccc(Br)cc1. The van der Waals surface area contributed by atoms with Gasteiger partial charge >= 0.3 is 5.97 Å². The van der Waals surface area contributed by atoms with Gasteiger partial charge in [0.25, 0.3) is 5.91 Å². The highest BCUT2D eigenvalue weighted by Crippen LogP contribution is 2.29. The van der Waals surface area contributed by atoms with Crippen molar-refractivity contribution in [2.24, 2.45) is 5.10 Å². The quantitative estimate of drug-likeness (QED) is 0.229. The summed E-state index contributed by atoms with van der Waals surface area (Å²) in [5.74, 6) is -0.0459. The van der Waals surface area contributed by atoms with Gasteiger partial charge in [0, 0.05) is 4.47 Å². The highest BCUT2D eigenvalue weighted by molar-refractivity contribution is 9.10. The molecular weight excluding hydrogens is 456 g/mol. The third-order valence-corrected chi connectivity index (χ3v) is 5.07. The Bertz CT molecular complexity index is 1020. The van der Waals surface area contributed by atoms with E-state index in [2.05, 4.69) is 26.5 Å². The Hall–Kier alpha value is -2.97. The first-order valence-electron chi connectivity index (χ1n) is 8.68. The van der Waals surface area contributed by atoms with Crippen LogP contribution in [-0.2, 0) is 0 Å². The molecule has 0 aliphatic carbocycles. The van der Waals surface area contributed by atoms with Crippen molar-refractivity contribution in [1.82, 2.24) is 5.43 Å². The first-order chi connectivity index (χ1) is 14.1. The van der Waals surface area contributed by atoms with Crippen LogP contribution in [0.5, 0.6) is 11.5 Å². The maximum absolute atomic E-state index is 12.4. The molecule has 6 nitrogen and oxygen atoms in total. The van der Waals surface area contributed by atoms with Crippen LogP contribution in [0.25, 0.3) is 0 Å². The van der Waals surface area contributed by atoms with E-state index >= 15 is 0 Å². The molecule has 0 spiro atoms. The molecule has 148 valence electrons. The summed E-state index contributed by atoms with van der Waals surface area (Å²) in [6.45, 7) is 2.24. The van der Waals surface area contributed by atoms with Gasteiger partial charge in [-0.15, -0.1) is 11.3 Å². The van der Waals surface area contributed by atoms with Crippen LogP contribution in [0.4, 0.5) is 0 Å². The summed E-state index contributed by atoms with van der Waals surface area (Å²) in [5.41, 5.74) is 3.58. The molecule has 29 heavy (non-hydrogen) atoms. The number of hydrazone groups is 1. The molecule has 3 aromatic rings. The zero-order valence-electron chi connectivity index (χ0n) is 15.4. The number of nitrogens with zero attached hydrogens (tertiary/aromatic N) is 1. The summed E-state index contributed by atoms with van der Waals surface area (Å²) >= 11 is 4.67. The van der Waals surface area contributed by atoms with Crippen molar-refractivity contribution < 1.29 is 19.1 Å². The Kier molecular flexibility index (Phi) is 7.15. The Morgan fingerprint density at radius 3 is 2.62 bits per heavy atom. The molecule has 8 heteroatoms. The number of hydrogen-bond donors (Lipinski definition) is 1.